The van der Waals surface area contributed by atoms with E-state index >= 15 is 0 Å². The Morgan fingerprint density at radius 3 is 2.67 bits per heavy atom. The second-order valence-electron chi connectivity index (χ2n) is 2.61. The zero-order valence-corrected chi connectivity index (χ0v) is 8.02. The molecule has 1 amide bonds. The van der Waals surface area contributed by atoms with Crippen molar-refractivity contribution in [3.8, 4) is 0 Å². The Balaban J connectivity index is 3.63. The number of nitrogens with one attached hydrogen (secondary N) is 1. The van der Waals surface area contributed by atoms with Gasteiger partial charge in [-0.05, 0) is 20.3 Å². The molecule has 0 rings (SSSR count). The van der Waals surface area contributed by atoms with Gasteiger partial charge in [0.1, 0.15) is 0 Å². The van der Waals surface area contributed by atoms with Gasteiger partial charge in [0.2, 0.25) is 0 Å². The number of hydrogen-bond donors (Lipinski definition) is 1. The van der Waals surface area contributed by atoms with Crippen LogP contribution in [0, 0.1) is 0 Å². The average Bonchev–Trinajstić information content (AvgIpc) is 2.02. The summed E-state index contributed by atoms with van der Waals surface area (Å²) in [7, 11) is 0. The monoisotopic (exact) mass is 171 g/mol. The van der Waals surface area contributed by atoms with Crippen molar-refractivity contribution in [3.05, 3.63) is 11.8 Å². The Bertz CT molecular complexity index is 164. The molecule has 0 aromatic carbocycles. The van der Waals surface area contributed by atoms with Crippen LogP contribution in [0.5, 0.6) is 0 Å². The summed E-state index contributed by atoms with van der Waals surface area (Å²) in [5.41, 5.74) is 1.16. The highest BCUT2D eigenvalue weighted by Gasteiger charge is 1.95. The zero-order valence-electron chi connectivity index (χ0n) is 8.02. The van der Waals surface area contributed by atoms with Gasteiger partial charge in [0.05, 0.1) is 6.61 Å². The van der Waals surface area contributed by atoms with Crippen molar-refractivity contribution < 1.29 is 9.53 Å². The second kappa shape index (κ2) is 6.70. The number of alkyl carbamates (subject to hydrolysis) is 1. The predicted molar refractivity (Wildman–Crippen MR) is 48.8 cm³/mol. The lowest BCUT2D eigenvalue weighted by atomic mass is 10.2. The minimum Gasteiger partial charge on any atom is -0.450 e. The van der Waals surface area contributed by atoms with Crippen LogP contribution in [0.1, 0.15) is 33.6 Å². The number of rotatable bonds is 4. The second-order valence-corrected chi connectivity index (χ2v) is 2.61. The van der Waals surface area contributed by atoms with Gasteiger partial charge in [-0.2, -0.15) is 0 Å². The van der Waals surface area contributed by atoms with Crippen LogP contribution in [0.15, 0.2) is 11.8 Å². The van der Waals surface area contributed by atoms with Gasteiger partial charge in [-0.1, -0.05) is 18.9 Å². The van der Waals surface area contributed by atoms with Crippen LogP contribution >= 0.6 is 0 Å². The number of carbonyl (C=O) groups excluding carboxylic acids is 1. The Hall–Kier alpha value is -0.990. The van der Waals surface area contributed by atoms with Gasteiger partial charge >= 0.3 is 6.09 Å². The molecule has 0 aromatic heterocycles. The third-order valence-electron chi connectivity index (χ3n) is 1.36. The molecule has 0 aromatic rings. The van der Waals surface area contributed by atoms with Crippen molar-refractivity contribution in [1.29, 1.82) is 0 Å². The summed E-state index contributed by atoms with van der Waals surface area (Å²) in [6.07, 6.45) is 3.41. The first-order valence-electron chi connectivity index (χ1n) is 4.29. The maximum Gasteiger partial charge on any atom is 0.411 e. The SMILES string of the molecule is CCCC(C)=CNC(=O)OCC. The summed E-state index contributed by atoms with van der Waals surface area (Å²) >= 11 is 0. The topological polar surface area (TPSA) is 38.3 Å². The summed E-state index contributed by atoms with van der Waals surface area (Å²) in [5.74, 6) is 0. The normalized spacial score (nSPS) is 11.1. The first kappa shape index (κ1) is 11.0. The van der Waals surface area contributed by atoms with Crippen LogP contribution < -0.4 is 5.32 Å². The molecule has 0 fully saturated rings. The van der Waals surface area contributed by atoms with Crippen molar-refractivity contribution in [2.24, 2.45) is 0 Å². The fourth-order valence-corrected chi connectivity index (χ4v) is 0.821. The molecule has 0 aliphatic heterocycles. The summed E-state index contributed by atoms with van der Waals surface area (Å²) in [6, 6.07) is 0. The van der Waals surface area contributed by atoms with E-state index in [1.54, 1.807) is 13.1 Å². The Kier molecular flexibility index (Phi) is 6.15. The van der Waals surface area contributed by atoms with E-state index in [0.29, 0.717) is 6.61 Å². The number of allylic oxidation sites excluding steroid dienone is 1. The van der Waals surface area contributed by atoms with E-state index in [2.05, 4.69) is 17.0 Å². The molecule has 0 heterocycles. The summed E-state index contributed by atoms with van der Waals surface area (Å²) in [6.45, 7) is 6.27. The van der Waals surface area contributed by atoms with E-state index < -0.39 is 0 Å². The molecule has 0 spiro atoms. The van der Waals surface area contributed by atoms with E-state index in [1.807, 2.05) is 6.92 Å². The molecule has 0 saturated carbocycles. The van der Waals surface area contributed by atoms with Gasteiger partial charge in [0.25, 0.3) is 0 Å². The Morgan fingerprint density at radius 2 is 2.17 bits per heavy atom. The van der Waals surface area contributed by atoms with Crippen LogP contribution in [0.4, 0.5) is 4.79 Å². The molecular formula is C9H17NO2. The molecular weight excluding hydrogens is 154 g/mol. The van der Waals surface area contributed by atoms with Crippen molar-refractivity contribution >= 4 is 6.09 Å². The van der Waals surface area contributed by atoms with Crippen LogP contribution in [-0.4, -0.2) is 12.7 Å². The summed E-state index contributed by atoms with van der Waals surface area (Å²) in [5, 5.41) is 2.54. The third-order valence-corrected chi connectivity index (χ3v) is 1.36. The molecule has 12 heavy (non-hydrogen) atoms. The minimum absolute atomic E-state index is 0.382. The number of hydrogen-bond acceptors (Lipinski definition) is 2. The highest BCUT2D eigenvalue weighted by Crippen LogP contribution is 2.00. The molecule has 1 N–H and O–H groups in total. The van der Waals surface area contributed by atoms with E-state index in [0.717, 1.165) is 18.4 Å². The standard InChI is InChI=1S/C9H17NO2/c1-4-6-8(3)7-10-9(11)12-5-2/h7H,4-6H2,1-3H3,(H,10,11). The predicted octanol–water partition coefficient (Wildman–Crippen LogP) is 2.44. The molecule has 3 heteroatoms. The molecule has 0 aliphatic rings. The first-order valence-corrected chi connectivity index (χ1v) is 4.29. The van der Waals surface area contributed by atoms with Crippen molar-refractivity contribution in [3.63, 3.8) is 0 Å². The quantitative estimate of drug-likeness (QED) is 0.705. The molecule has 70 valence electrons. The van der Waals surface area contributed by atoms with Gasteiger partial charge in [-0.15, -0.1) is 0 Å². The molecule has 3 nitrogen and oxygen atoms in total. The highest BCUT2D eigenvalue weighted by atomic mass is 16.5. The van der Waals surface area contributed by atoms with Gasteiger partial charge in [0, 0.05) is 6.20 Å². The van der Waals surface area contributed by atoms with E-state index in [4.69, 9.17) is 0 Å². The van der Waals surface area contributed by atoms with Crippen LogP contribution in [0.3, 0.4) is 0 Å². The lowest BCUT2D eigenvalue weighted by Crippen LogP contribution is -2.18. The Labute approximate surface area is 73.8 Å². The zero-order chi connectivity index (χ0) is 9.40. The van der Waals surface area contributed by atoms with Crippen LogP contribution in [0.2, 0.25) is 0 Å². The molecule has 0 bridgehead atoms. The van der Waals surface area contributed by atoms with Crippen LogP contribution in [0.25, 0.3) is 0 Å². The number of ether oxygens (including phenoxy) is 1. The van der Waals surface area contributed by atoms with Crippen molar-refractivity contribution in [2.45, 2.75) is 33.6 Å². The summed E-state index contributed by atoms with van der Waals surface area (Å²) in [4.78, 5) is 10.8. The summed E-state index contributed by atoms with van der Waals surface area (Å²) < 4.78 is 4.68. The Morgan fingerprint density at radius 1 is 1.50 bits per heavy atom. The van der Waals surface area contributed by atoms with E-state index in [9.17, 15) is 4.79 Å². The number of amides is 1. The van der Waals surface area contributed by atoms with Gasteiger partial charge < -0.3 is 4.74 Å². The largest absolute Gasteiger partial charge is 0.450 e. The van der Waals surface area contributed by atoms with Gasteiger partial charge in [-0.25, -0.2) is 4.79 Å². The lowest BCUT2D eigenvalue weighted by molar-refractivity contribution is 0.156. The van der Waals surface area contributed by atoms with Gasteiger partial charge in [0.15, 0.2) is 0 Å². The maximum atomic E-state index is 10.8. The maximum absolute atomic E-state index is 10.8. The first-order chi connectivity index (χ1) is 5.70. The minimum atomic E-state index is -0.382. The van der Waals surface area contributed by atoms with Crippen molar-refractivity contribution in [1.82, 2.24) is 5.32 Å². The molecule has 0 aliphatic carbocycles. The number of carbonyl (C=O) groups is 1. The van der Waals surface area contributed by atoms with E-state index in [-0.39, 0.29) is 6.09 Å². The van der Waals surface area contributed by atoms with Gasteiger partial charge in [-0.3, -0.25) is 5.32 Å². The lowest BCUT2D eigenvalue weighted by Gasteiger charge is -2.01. The molecule has 0 atom stereocenters. The fraction of sp³-hybridized carbons (Fsp3) is 0.667. The fourth-order valence-electron chi connectivity index (χ4n) is 0.821. The highest BCUT2D eigenvalue weighted by molar-refractivity contribution is 5.68. The third kappa shape index (κ3) is 5.77. The smallest absolute Gasteiger partial charge is 0.411 e. The van der Waals surface area contributed by atoms with Crippen LogP contribution in [-0.2, 0) is 4.74 Å². The average molecular weight is 171 g/mol. The molecule has 0 unspecified atom stereocenters. The molecule has 0 radical (unpaired) electrons. The molecule has 0 saturated heterocycles. The van der Waals surface area contributed by atoms with Crippen molar-refractivity contribution in [2.75, 3.05) is 6.61 Å². The van der Waals surface area contributed by atoms with E-state index in [1.165, 1.54) is 0 Å².